The number of rotatable bonds is 5. The normalized spacial score (nSPS) is 18.8. The minimum atomic E-state index is -1.01. The molecule has 0 radical (unpaired) electrons. The second-order valence-corrected chi connectivity index (χ2v) is 8.50. The van der Waals surface area contributed by atoms with E-state index >= 15 is 8.78 Å². The van der Waals surface area contributed by atoms with Crippen LogP contribution in [0.4, 0.5) is 19.3 Å². The fourth-order valence-corrected chi connectivity index (χ4v) is 4.17. The summed E-state index contributed by atoms with van der Waals surface area (Å²) >= 11 is 0. The van der Waals surface area contributed by atoms with E-state index in [9.17, 15) is 9.90 Å². The molecule has 1 atom stereocenters. The van der Waals surface area contributed by atoms with E-state index in [0.717, 1.165) is 18.4 Å². The molecule has 0 bridgehead atoms. The Morgan fingerprint density at radius 3 is 2.72 bits per heavy atom. The van der Waals surface area contributed by atoms with Gasteiger partial charge >= 0.3 is 6.09 Å². The Bertz CT molecular complexity index is 1170. The molecule has 7 nitrogen and oxygen atoms in total. The number of carboxylic acid groups (broad SMARTS) is 1. The maximum Gasteiger partial charge on any atom is 0.407 e. The summed E-state index contributed by atoms with van der Waals surface area (Å²) in [7, 11) is 0. The van der Waals surface area contributed by atoms with Crippen molar-refractivity contribution in [2.24, 2.45) is 0 Å². The van der Waals surface area contributed by atoms with Crippen LogP contribution in [0.1, 0.15) is 24.1 Å². The van der Waals surface area contributed by atoms with Crippen LogP contribution in [-0.2, 0) is 11.2 Å². The smallest absolute Gasteiger partial charge is 0.407 e. The predicted molar refractivity (Wildman–Crippen MR) is 115 cm³/mol. The Morgan fingerprint density at radius 1 is 1.28 bits per heavy atom. The number of anilines is 1. The first-order chi connectivity index (χ1) is 15.4. The van der Waals surface area contributed by atoms with E-state index in [2.05, 4.69) is 10.3 Å². The van der Waals surface area contributed by atoms with Gasteiger partial charge in [-0.15, -0.1) is 0 Å². The number of aromatic nitrogens is 2. The Labute approximate surface area is 183 Å². The molecule has 1 saturated heterocycles. The molecule has 1 aromatic carbocycles. The molecular weight excluding hydrogens is 418 g/mol. The number of ether oxygens (including phenoxy) is 1. The SMILES string of the molecule is Cc1ccn2c(C[C@H]3CN(C(=O)O)CCO3)c(-c3c(F)cc(NC4CC4)cc3F)nc2c1. The van der Waals surface area contributed by atoms with E-state index in [4.69, 9.17) is 4.74 Å². The Kier molecular flexibility index (Phi) is 5.21. The molecule has 3 aromatic rings. The van der Waals surface area contributed by atoms with Gasteiger partial charge in [0.1, 0.15) is 17.3 Å². The van der Waals surface area contributed by atoms with E-state index in [1.165, 1.54) is 17.0 Å². The summed E-state index contributed by atoms with van der Waals surface area (Å²) in [5.74, 6) is -1.38. The molecular formula is C23H24F2N4O3. The van der Waals surface area contributed by atoms with Crippen molar-refractivity contribution < 1.29 is 23.4 Å². The molecule has 2 aromatic heterocycles. The van der Waals surface area contributed by atoms with Crippen LogP contribution in [0.3, 0.4) is 0 Å². The lowest BCUT2D eigenvalue weighted by atomic mass is 10.0. The van der Waals surface area contributed by atoms with Gasteiger partial charge in [-0.05, 0) is 49.6 Å². The van der Waals surface area contributed by atoms with Crippen molar-refractivity contribution in [3.8, 4) is 11.3 Å². The molecule has 1 aliphatic heterocycles. The third-order valence-corrected chi connectivity index (χ3v) is 5.94. The van der Waals surface area contributed by atoms with Crippen LogP contribution in [0.5, 0.6) is 0 Å². The zero-order valence-corrected chi connectivity index (χ0v) is 17.6. The quantitative estimate of drug-likeness (QED) is 0.623. The first-order valence-corrected chi connectivity index (χ1v) is 10.7. The molecule has 168 valence electrons. The number of halogens is 2. The number of hydrogen-bond acceptors (Lipinski definition) is 4. The molecule has 1 amide bonds. The average molecular weight is 442 g/mol. The molecule has 2 fully saturated rings. The number of nitrogens with zero attached hydrogens (tertiary/aromatic N) is 3. The molecule has 1 aliphatic carbocycles. The Balaban J connectivity index is 1.56. The third-order valence-electron chi connectivity index (χ3n) is 5.94. The third kappa shape index (κ3) is 4.00. The molecule has 9 heteroatoms. The number of pyridine rings is 1. The van der Waals surface area contributed by atoms with Crippen molar-refractivity contribution in [3.05, 3.63) is 53.4 Å². The molecule has 2 N–H and O–H groups in total. The number of benzene rings is 1. The summed E-state index contributed by atoms with van der Waals surface area (Å²) in [4.78, 5) is 17.2. The minimum absolute atomic E-state index is 0.184. The minimum Gasteiger partial charge on any atom is -0.465 e. The lowest BCUT2D eigenvalue weighted by Crippen LogP contribution is -2.45. The van der Waals surface area contributed by atoms with Crippen molar-refractivity contribution >= 4 is 17.4 Å². The van der Waals surface area contributed by atoms with Crippen molar-refractivity contribution in [1.82, 2.24) is 14.3 Å². The van der Waals surface area contributed by atoms with Gasteiger partial charge in [0.15, 0.2) is 0 Å². The number of hydrogen-bond donors (Lipinski definition) is 2. The van der Waals surface area contributed by atoms with Crippen LogP contribution in [0.15, 0.2) is 30.5 Å². The van der Waals surface area contributed by atoms with Crippen LogP contribution in [-0.4, -0.2) is 57.3 Å². The Hall–Kier alpha value is -3.20. The summed E-state index contributed by atoms with van der Waals surface area (Å²) in [5, 5.41) is 12.4. The number of fused-ring (bicyclic) bond motifs is 1. The summed E-state index contributed by atoms with van der Waals surface area (Å²) in [5.41, 5.74) is 2.56. The van der Waals surface area contributed by atoms with Crippen molar-refractivity contribution in [1.29, 1.82) is 0 Å². The predicted octanol–water partition coefficient (Wildman–Crippen LogP) is 4.08. The maximum atomic E-state index is 15.2. The van der Waals surface area contributed by atoms with Gasteiger partial charge in [-0.25, -0.2) is 18.6 Å². The highest BCUT2D eigenvalue weighted by atomic mass is 19.1. The van der Waals surface area contributed by atoms with E-state index in [0.29, 0.717) is 23.6 Å². The van der Waals surface area contributed by atoms with E-state index in [-0.39, 0.29) is 36.9 Å². The van der Waals surface area contributed by atoms with Crippen molar-refractivity contribution in [3.63, 3.8) is 0 Å². The molecule has 2 aliphatic rings. The summed E-state index contributed by atoms with van der Waals surface area (Å²) in [6.45, 7) is 2.67. The van der Waals surface area contributed by atoms with Crippen molar-refractivity contribution in [2.75, 3.05) is 25.0 Å². The van der Waals surface area contributed by atoms with Gasteiger partial charge in [0.25, 0.3) is 0 Å². The molecule has 32 heavy (non-hydrogen) atoms. The first kappa shape index (κ1) is 20.7. The maximum absolute atomic E-state index is 15.2. The van der Waals surface area contributed by atoms with E-state index in [1.54, 1.807) is 4.40 Å². The number of amides is 1. The highest BCUT2D eigenvalue weighted by Crippen LogP contribution is 2.34. The van der Waals surface area contributed by atoms with Gasteiger partial charge in [-0.2, -0.15) is 0 Å². The molecule has 5 rings (SSSR count). The number of imidazole rings is 1. The van der Waals surface area contributed by atoms with Gasteiger partial charge in [0, 0.05) is 30.9 Å². The Morgan fingerprint density at radius 2 is 2.03 bits per heavy atom. The molecule has 0 unspecified atom stereocenters. The monoisotopic (exact) mass is 442 g/mol. The zero-order valence-electron chi connectivity index (χ0n) is 17.6. The fourth-order valence-electron chi connectivity index (χ4n) is 4.17. The van der Waals surface area contributed by atoms with E-state index < -0.39 is 23.8 Å². The first-order valence-electron chi connectivity index (χ1n) is 10.7. The number of aryl methyl sites for hydroxylation is 1. The number of morpholine rings is 1. The van der Waals surface area contributed by atoms with Gasteiger partial charge in [-0.3, -0.25) is 0 Å². The summed E-state index contributed by atoms with van der Waals surface area (Å²) < 4.78 is 37.9. The summed E-state index contributed by atoms with van der Waals surface area (Å²) in [6, 6.07) is 6.62. The standard InChI is InChI=1S/C23H24F2N4O3/c1-13-4-5-29-19(11-16-12-28(23(30)31)6-7-32-16)22(27-20(29)8-13)21-17(24)9-15(10-18(21)25)26-14-2-3-14/h4-5,8-10,14,16,26H,2-3,6-7,11-12H2,1H3,(H,30,31)/t16-/m0/s1. The molecule has 1 saturated carbocycles. The zero-order chi connectivity index (χ0) is 22.4. The fraction of sp³-hybridized carbons (Fsp3) is 0.391. The highest BCUT2D eigenvalue weighted by molar-refractivity contribution is 5.70. The second kappa shape index (κ2) is 8.05. The lowest BCUT2D eigenvalue weighted by molar-refractivity contribution is -0.0214. The lowest BCUT2D eigenvalue weighted by Gasteiger charge is -2.31. The van der Waals surface area contributed by atoms with Gasteiger partial charge in [0.2, 0.25) is 0 Å². The van der Waals surface area contributed by atoms with Gasteiger partial charge in [0.05, 0.1) is 36.2 Å². The van der Waals surface area contributed by atoms with Crippen LogP contribution in [0, 0.1) is 18.6 Å². The van der Waals surface area contributed by atoms with Crippen LogP contribution in [0.25, 0.3) is 16.9 Å². The molecule has 0 spiro atoms. The van der Waals surface area contributed by atoms with Crippen LogP contribution in [0.2, 0.25) is 0 Å². The summed E-state index contributed by atoms with van der Waals surface area (Å²) in [6.07, 6.45) is 2.62. The largest absolute Gasteiger partial charge is 0.465 e. The molecule has 3 heterocycles. The average Bonchev–Trinajstić information content (AvgIpc) is 3.49. The second-order valence-electron chi connectivity index (χ2n) is 8.50. The van der Waals surface area contributed by atoms with Crippen LogP contribution >= 0.6 is 0 Å². The van der Waals surface area contributed by atoms with Gasteiger partial charge in [-0.1, -0.05) is 0 Å². The van der Waals surface area contributed by atoms with Crippen LogP contribution < -0.4 is 5.32 Å². The number of carbonyl (C=O) groups is 1. The van der Waals surface area contributed by atoms with Crippen molar-refractivity contribution in [2.45, 2.75) is 38.3 Å². The van der Waals surface area contributed by atoms with E-state index in [1.807, 2.05) is 25.3 Å². The topological polar surface area (TPSA) is 79.1 Å². The number of nitrogens with one attached hydrogen (secondary N) is 1. The highest BCUT2D eigenvalue weighted by Gasteiger charge is 2.29. The van der Waals surface area contributed by atoms with Gasteiger partial charge < -0.3 is 24.5 Å².